The van der Waals surface area contributed by atoms with Crippen molar-refractivity contribution in [2.24, 2.45) is 10.7 Å². The van der Waals surface area contributed by atoms with E-state index >= 15 is 0 Å². The van der Waals surface area contributed by atoms with Crippen LogP contribution in [0, 0.1) is 0 Å². The Balaban J connectivity index is 0.00000312. The summed E-state index contributed by atoms with van der Waals surface area (Å²) in [6.45, 7) is 0.754. The van der Waals surface area contributed by atoms with Gasteiger partial charge in [0.15, 0.2) is 17.5 Å². The van der Waals surface area contributed by atoms with E-state index in [1.54, 1.807) is 26.4 Å². The van der Waals surface area contributed by atoms with Crippen molar-refractivity contribution in [1.82, 2.24) is 5.32 Å². The second-order valence-electron chi connectivity index (χ2n) is 5.12. The normalized spacial score (nSPS) is 12.2. The topological polar surface area (TPSA) is 102 Å². The minimum absolute atomic E-state index is 0. The third-order valence-corrected chi connectivity index (χ3v) is 3.47. The zero-order valence-electron chi connectivity index (χ0n) is 14.3. The summed E-state index contributed by atoms with van der Waals surface area (Å²) in [5.41, 5.74) is 6.88. The number of hydrogen-bond donors (Lipinski definition) is 3. The monoisotopic (exact) mass is 461 g/mol. The molecule has 0 amide bonds. The van der Waals surface area contributed by atoms with Crippen LogP contribution >= 0.6 is 24.0 Å². The van der Waals surface area contributed by atoms with E-state index in [9.17, 15) is 5.11 Å². The number of benzene rings is 1. The summed E-state index contributed by atoms with van der Waals surface area (Å²) < 4.78 is 15.6. The molecule has 0 aliphatic heterocycles. The average molecular weight is 461 g/mol. The Morgan fingerprint density at radius 1 is 1.28 bits per heavy atom. The highest BCUT2D eigenvalue weighted by Crippen LogP contribution is 2.27. The SMILES string of the molecule is COc1ccc(CCNC(N)=NCC(O)c2ccco2)cc1OC.I. The predicted molar refractivity (Wildman–Crippen MR) is 107 cm³/mol. The maximum Gasteiger partial charge on any atom is 0.188 e. The molecular formula is C17H24IN3O4. The highest BCUT2D eigenvalue weighted by Gasteiger charge is 2.09. The molecule has 2 rings (SSSR count). The molecule has 138 valence electrons. The Kier molecular flexibility index (Phi) is 9.14. The van der Waals surface area contributed by atoms with Crippen LogP contribution in [0.3, 0.4) is 0 Å². The first-order chi connectivity index (χ1) is 11.6. The van der Waals surface area contributed by atoms with Gasteiger partial charge in [-0.3, -0.25) is 4.99 Å². The number of guanidine groups is 1. The van der Waals surface area contributed by atoms with Crippen LogP contribution in [0.4, 0.5) is 0 Å². The Labute approximate surface area is 164 Å². The van der Waals surface area contributed by atoms with Crippen molar-refractivity contribution < 1.29 is 19.0 Å². The van der Waals surface area contributed by atoms with Crippen LogP contribution in [-0.4, -0.2) is 38.4 Å². The summed E-state index contributed by atoms with van der Waals surface area (Å²) in [5, 5.41) is 12.9. The average Bonchev–Trinajstić information content (AvgIpc) is 3.14. The number of ether oxygens (including phenoxy) is 2. The second kappa shape index (κ2) is 10.8. The van der Waals surface area contributed by atoms with Gasteiger partial charge in [0.25, 0.3) is 0 Å². The van der Waals surface area contributed by atoms with Gasteiger partial charge in [0.05, 0.1) is 27.0 Å². The number of aliphatic imine (C=N–C) groups is 1. The molecule has 0 aliphatic rings. The van der Waals surface area contributed by atoms with Crippen LogP contribution in [0.5, 0.6) is 11.5 Å². The van der Waals surface area contributed by atoms with E-state index in [2.05, 4.69) is 10.3 Å². The molecule has 1 aromatic carbocycles. The standard InChI is InChI=1S/C17H23N3O4.HI/c1-22-15-6-5-12(10-16(15)23-2)7-8-19-17(18)20-11-13(21)14-4-3-9-24-14;/h3-6,9-10,13,21H,7-8,11H2,1-2H3,(H3,18,19,20);1H. The van der Waals surface area contributed by atoms with Crippen molar-refractivity contribution >= 4 is 29.9 Å². The van der Waals surface area contributed by atoms with E-state index in [0.29, 0.717) is 23.8 Å². The number of aliphatic hydroxyl groups excluding tert-OH is 1. The number of nitrogens with zero attached hydrogens (tertiary/aromatic N) is 1. The molecule has 0 spiro atoms. The van der Waals surface area contributed by atoms with Gasteiger partial charge in [0, 0.05) is 6.54 Å². The summed E-state index contributed by atoms with van der Waals surface area (Å²) in [6.07, 6.45) is 1.45. The molecule has 7 nitrogen and oxygen atoms in total. The van der Waals surface area contributed by atoms with Crippen LogP contribution in [0.15, 0.2) is 46.0 Å². The third-order valence-electron chi connectivity index (χ3n) is 3.47. The summed E-state index contributed by atoms with van der Waals surface area (Å²) in [4.78, 5) is 4.10. The molecule has 1 aromatic heterocycles. The first-order valence-corrected chi connectivity index (χ1v) is 7.60. The van der Waals surface area contributed by atoms with Crippen LogP contribution in [0.2, 0.25) is 0 Å². The second-order valence-corrected chi connectivity index (χ2v) is 5.12. The Bertz CT molecular complexity index is 662. The van der Waals surface area contributed by atoms with Crippen LogP contribution in [0.25, 0.3) is 0 Å². The number of furan rings is 1. The fourth-order valence-electron chi connectivity index (χ4n) is 2.18. The first-order valence-electron chi connectivity index (χ1n) is 7.60. The minimum Gasteiger partial charge on any atom is -0.493 e. The number of hydrogen-bond acceptors (Lipinski definition) is 5. The van der Waals surface area contributed by atoms with Crippen molar-refractivity contribution in [3.8, 4) is 11.5 Å². The molecule has 0 fully saturated rings. The lowest BCUT2D eigenvalue weighted by Crippen LogP contribution is -2.33. The van der Waals surface area contributed by atoms with Gasteiger partial charge in [-0.1, -0.05) is 6.07 Å². The molecule has 0 aliphatic carbocycles. The van der Waals surface area contributed by atoms with Gasteiger partial charge >= 0.3 is 0 Å². The van der Waals surface area contributed by atoms with Gasteiger partial charge in [-0.15, -0.1) is 24.0 Å². The molecule has 8 heteroatoms. The molecule has 4 N–H and O–H groups in total. The first kappa shape index (κ1) is 21.1. The molecule has 25 heavy (non-hydrogen) atoms. The van der Waals surface area contributed by atoms with Gasteiger partial charge in [0.2, 0.25) is 0 Å². The zero-order valence-corrected chi connectivity index (χ0v) is 16.6. The zero-order chi connectivity index (χ0) is 17.4. The molecule has 0 saturated heterocycles. The van der Waals surface area contributed by atoms with E-state index in [1.807, 2.05) is 18.2 Å². The van der Waals surface area contributed by atoms with Crippen molar-refractivity contribution in [3.05, 3.63) is 47.9 Å². The minimum atomic E-state index is -0.800. The van der Waals surface area contributed by atoms with Crippen molar-refractivity contribution in [2.45, 2.75) is 12.5 Å². The largest absolute Gasteiger partial charge is 0.493 e. The van der Waals surface area contributed by atoms with Crippen LogP contribution in [-0.2, 0) is 6.42 Å². The van der Waals surface area contributed by atoms with E-state index < -0.39 is 6.10 Å². The number of halogens is 1. The van der Waals surface area contributed by atoms with Gasteiger partial charge in [-0.25, -0.2) is 0 Å². The summed E-state index contributed by atoms with van der Waals surface area (Å²) in [7, 11) is 3.21. The van der Waals surface area contributed by atoms with E-state index in [4.69, 9.17) is 19.6 Å². The molecule has 1 heterocycles. The van der Waals surface area contributed by atoms with Crippen molar-refractivity contribution in [2.75, 3.05) is 27.3 Å². The van der Waals surface area contributed by atoms with Crippen molar-refractivity contribution in [3.63, 3.8) is 0 Å². The maximum atomic E-state index is 9.86. The van der Waals surface area contributed by atoms with E-state index in [-0.39, 0.29) is 36.5 Å². The summed E-state index contributed by atoms with van der Waals surface area (Å²) in [5.74, 6) is 2.14. The molecular weight excluding hydrogens is 437 g/mol. The lowest BCUT2D eigenvalue weighted by atomic mass is 10.1. The van der Waals surface area contributed by atoms with Crippen molar-refractivity contribution in [1.29, 1.82) is 0 Å². The molecule has 0 bridgehead atoms. The summed E-state index contributed by atoms with van der Waals surface area (Å²) in [6, 6.07) is 9.17. The van der Waals surface area contributed by atoms with E-state index in [1.165, 1.54) is 6.26 Å². The number of aliphatic hydroxyl groups is 1. The highest BCUT2D eigenvalue weighted by atomic mass is 127. The molecule has 1 atom stereocenters. The van der Waals surface area contributed by atoms with Crippen LogP contribution in [0.1, 0.15) is 17.4 Å². The van der Waals surface area contributed by atoms with Gasteiger partial charge in [-0.05, 0) is 36.2 Å². The number of methoxy groups -OCH3 is 2. The molecule has 0 saturated carbocycles. The smallest absolute Gasteiger partial charge is 0.188 e. The third kappa shape index (κ3) is 6.46. The fourth-order valence-corrected chi connectivity index (χ4v) is 2.18. The maximum absolute atomic E-state index is 9.86. The Morgan fingerprint density at radius 3 is 2.68 bits per heavy atom. The van der Waals surface area contributed by atoms with Gasteiger partial charge in [-0.2, -0.15) is 0 Å². The summed E-state index contributed by atoms with van der Waals surface area (Å²) >= 11 is 0. The predicted octanol–water partition coefficient (Wildman–Crippen LogP) is 2.10. The molecule has 1 unspecified atom stereocenters. The lowest BCUT2D eigenvalue weighted by Gasteiger charge is -2.10. The van der Waals surface area contributed by atoms with E-state index in [0.717, 1.165) is 12.0 Å². The van der Waals surface area contributed by atoms with Gasteiger partial charge in [0.1, 0.15) is 11.9 Å². The Morgan fingerprint density at radius 2 is 2.04 bits per heavy atom. The Hall–Kier alpha value is -1.94. The number of nitrogens with two attached hydrogens (primary N) is 1. The number of rotatable bonds is 8. The lowest BCUT2D eigenvalue weighted by molar-refractivity contribution is 0.158. The molecule has 0 radical (unpaired) electrons. The quantitative estimate of drug-likeness (QED) is 0.316. The molecule has 2 aromatic rings. The van der Waals surface area contributed by atoms with Gasteiger partial charge < -0.3 is 30.0 Å². The number of nitrogens with one attached hydrogen (secondary N) is 1. The van der Waals surface area contributed by atoms with Crippen LogP contribution < -0.4 is 20.5 Å². The highest BCUT2D eigenvalue weighted by molar-refractivity contribution is 14.0. The fraction of sp³-hybridized carbons (Fsp3) is 0.353.